The quantitative estimate of drug-likeness (QED) is 0.855. The van der Waals surface area contributed by atoms with Crippen molar-refractivity contribution in [1.29, 1.82) is 0 Å². The Morgan fingerprint density at radius 3 is 2.48 bits per heavy atom. The first-order valence-electron chi connectivity index (χ1n) is 9.66. The van der Waals surface area contributed by atoms with Crippen molar-refractivity contribution < 1.29 is 0 Å². The third-order valence-electron chi connectivity index (χ3n) is 6.22. The summed E-state index contributed by atoms with van der Waals surface area (Å²) in [6.07, 6.45) is 10.9. The summed E-state index contributed by atoms with van der Waals surface area (Å²) in [5.41, 5.74) is 0. The second-order valence-corrected chi connectivity index (χ2v) is 7.79. The van der Waals surface area contributed by atoms with Crippen LogP contribution in [0.1, 0.15) is 68.9 Å². The van der Waals surface area contributed by atoms with Crippen molar-refractivity contribution in [2.75, 3.05) is 26.2 Å². The molecule has 1 saturated carbocycles. The number of piperidine rings is 1. The number of nitrogens with zero attached hydrogens (tertiary/aromatic N) is 5. The highest BCUT2D eigenvalue weighted by molar-refractivity contribution is 5.05. The molecule has 1 aromatic rings. The van der Waals surface area contributed by atoms with Crippen LogP contribution >= 0.6 is 0 Å². The average Bonchev–Trinajstić information content (AvgIpc) is 3.32. The summed E-state index contributed by atoms with van der Waals surface area (Å²) in [7, 11) is 2.18. The largest absolute Gasteiger partial charge is 0.317 e. The lowest BCUT2D eigenvalue weighted by atomic mass is 9.95. The van der Waals surface area contributed by atoms with Crippen molar-refractivity contribution >= 4 is 0 Å². The second-order valence-electron chi connectivity index (χ2n) is 7.79. The fourth-order valence-electron chi connectivity index (χ4n) is 4.83. The first-order valence-corrected chi connectivity index (χ1v) is 9.66. The molecule has 2 saturated heterocycles. The lowest BCUT2D eigenvalue weighted by Gasteiger charge is -2.36. The Hall–Kier alpha value is -0.940. The first kappa shape index (κ1) is 15.6. The number of rotatable bonds is 4. The molecule has 0 spiro atoms. The van der Waals surface area contributed by atoms with Crippen LogP contribution in [0.5, 0.6) is 0 Å². The fraction of sp³-hybridized carbons (Fsp3) is 0.889. The molecule has 0 radical (unpaired) electrons. The van der Waals surface area contributed by atoms with E-state index in [-0.39, 0.29) is 0 Å². The predicted molar refractivity (Wildman–Crippen MR) is 91.3 cm³/mol. The zero-order chi connectivity index (χ0) is 15.6. The van der Waals surface area contributed by atoms with E-state index in [0.29, 0.717) is 5.92 Å². The van der Waals surface area contributed by atoms with Crippen LogP contribution in [-0.4, -0.2) is 56.8 Å². The van der Waals surface area contributed by atoms with Crippen molar-refractivity contribution in [3.63, 3.8) is 0 Å². The molecular formula is C18H31N5. The molecule has 0 amide bonds. The summed E-state index contributed by atoms with van der Waals surface area (Å²) < 4.78 is 2.29. The highest BCUT2D eigenvalue weighted by atomic mass is 15.3. The lowest BCUT2D eigenvalue weighted by Crippen LogP contribution is -2.41. The molecule has 3 heterocycles. The standard InChI is InChI=1S/C18H31N5/c1-21-17(14-22-10-4-5-11-22)19-20-18(21)15-7-6-12-23(13-15)16-8-2-3-9-16/h15-16H,2-14H2,1H3/t15-/m0/s1. The maximum Gasteiger partial charge on any atom is 0.146 e. The van der Waals surface area contributed by atoms with Crippen molar-refractivity contribution in [3.8, 4) is 0 Å². The van der Waals surface area contributed by atoms with Crippen molar-refractivity contribution in [2.24, 2.45) is 7.05 Å². The summed E-state index contributed by atoms with van der Waals surface area (Å²) >= 11 is 0. The normalized spacial score (nSPS) is 28.0. The molecule has 5 heteroatoms. The maximum absolute atomic E-state index is 4.60. The van der Waals surface area contributed by atoms with E-state index < -0.39 is 0 Å². The van der Waals surface area contributed by atoms with E-state index in [1.54, 1.807) is 0 Å². The van der Waals surface area contributed by atoms with Crippen LogP contribution in [0.3, 0.4) is 0 Å². The smallest absolute Gasteiger partial charge is 0.146 e. The zero-order valence-corrected chi connectivity index (χ0v) is 14.6. The topological polar surface area (TPSA) is 37.2 Å². The Morgan fingerprint density at radius 1 is 0.913 bits per heavy atom. The van der Waals surface area contributed by atoms with E-state index in [1.165, 1.54) is 83.4 Å². The fourth-order valence-corrected chi connectivity index (χ4v) is 4.83. The van der Waals surface area contributed by atoms with Gasteiger partial charge in [0.2, 0.25) is 0 Å². The van der Waals surface area contributed by atoms with Crippen molar-refractivity contribution in [1.82, 2.24) is 24.6 Å². The second kappa shape index (κ2) is 6.89. The van der Waals surface area contributed by atoms with Gasteiger partial charge in [-0.25, -0.2) is 0 Å². The van der Waals surface area contributed by atoms with Crippen LogP contribution < -0.4 is 0 Å². The van der Waals surface area contributed by atoms with Crippen LogP contribution in [0.4, 0.5) is 0 Å². The van der Waals surface area contributed by atoms with Gasteiger partial charge in [-0.3, -0.25) is 9.80 Å². The SMILES string of the molecule is Cn1c(CN2CCCC2)nnc1[C@H]1CCCN(C2CCCC2)C1. The van der Waals surface area contributed by atoms with E-state index in [4.69, 9.17) is 0 Å². The molecule has 0 unspecified atom stereocenters. The van der Waals surface area contributed by atoms with Gasteiger partial charge in [-0.2, -0.15) is 0 Å². The number of aromatic nitrogens is 3. The molecule has 1 aromatic heterocycles. The lowest BCUT2D eigenvalue weighted by molar-refractivity contribution is 0.146. The van der Waals surface area contributed by atoms with Gasteiger partial charge in [0.05, 0.1) is 6.54 Å². The monoisotopic (exact) mass is 317 g/mol. The van der Waals surface area contributed by atoms with Gasteiger partial charge in [-0.1, -0.05) is 12.8 Å². The summed E-state index contributed by atoms with van der Waals surface area (Å²) in [6, 6.07) is 0.843. The number of likely N-dealkylation sites (tertiary alicyclic amines) is 2. The van der Waals surface area contributed by atoms with Crippen LogP contribution in [0.25, 0.3) is 0 Å². The van der Waals surface area contributed by atoms with E-state index >= 15 is 0 Å². The highest BCUT2D eigenvalue weighted by Gasteiger charge is 2.31. The Morgan fingerprint density at radius 2 is 1.70 bits per heavy atom. The molecule has 0 aromatic carbocycles. The van der Waals surface area contributed by atoms with Gasteiger partial charge in [-0.05, 0) is 58.2 Å². The molecule has 0 N–H and O–H groups in total. The molecule has 0 bridgehead atoms. The molecule has 5 nitrogen and oxygen atoms in total. The molecular weight excluding hydrogens is 286 g/mol. The number of hydrogen-bond acceptors (Lipinski definition) is 4. The van der Waals surface area contributed by atoms with Gasteiger partial charge in [0.25, 0.3) is 0 Å². The van der Waals surface area contributed by atoms with Gasteiger partial charge in [-0.15, -0.1) is 10.2 Å². The zero-order valence-electron chi connectivity index (χ0n) is 14.6. The molecule has 4 rings (SSSR count). The third kappa shape index (κ3) is 3.31. The van der Waals surface area contributed by atoms with E-state index in [2.05, 4.69) is 31.6 Å². The number of hydrogen-bond donors (Lipinski definition) is 0. The van der Waals surface area contributed by atoms with E-state index in [9.17, 15) is 0 Å². The van der Waals surface area contributed by atoms with Gasteiger partial charge in [0.1, 0.15) is 11.6 Å². The van der Waals surface area contributed by atoms with E-state index in [0.717, 1.165) is 18.4 Å². The molecule has 3 aliphatic rings. The molecule has 128 valence electrons. The Bertz CT molecular complexity index is 513. The summed E-state index contributed by atoms with van der Waals surface area (Å²) in [4.78, 5) is 5.26. The minimum absolute atomic E-state index is 0.578. The minimum atomic E-state index is 0.578. The summed E-state index contributed by atoms with van der Waals surface area (Å²) in [5.74, 6) is 2.95. The molecule has 3 fully saturated rings. The van der Waals surface area contributed by atoms with Crippen LogP contribution in [0, 0.1) is 0 Å². The van der Waals surface area contributed by atoms with Crippen LogP contribution in [-0.2, 0) is 13.6 Å². The van der Waals surface area contributed by atoms with Crippen LogP contribution in [0.2, 0.25) is 0 Å². The van der Waals surface area contributed by atoms with Crippen molar-refractivity contribution in [2.45, 2.75) is 69.9 Å². The molecule has 2 aliphatic heterocycles. The van der Waals surface area contributed by atoms with Gasteiger partial charge >= 0.3 is 0 Å². The molecule has 1 atom stereocenters. The van der Waals surface area contributed by atoms with E-state index in [1.807, 2.05) is 0 Å². The predicted octanol–water partition coefficient (Wildman–Crippen LogP) is 2.53. The summed E-state index contributed by atoms with van der Waals surface area (Å²) in [5, 5.41) is 9.13. The molecule has 1 aliphatic carbocycles. The highest BCUT2D eigenvalue weighted by Crippen LogP contribution is 2.31. The average molecular weight is 317 g/mol. The van der Waals surface area contributed by atoms with Crippen LogP contribution in [0.15, 0.2) is 0 Å². The maximum atomic E-state index is 4.60. The Kier molecular flexibility index (Phi) is 4.67. The molecule has 23 heavy (non-hydrogen) atoms. The van der Waals surface area contributed by atoms with Gasteiger partial charge < -0.3 is 4.57 Å². The Labute approximate surface area is 140 Å². The van der Waals surface area contributed by atoms with Gasteiger partial charge in [0.15, 0.2) is 0 Å². The summed E-state index contributed by atoms with van der Waals surface area (Å²) in [6.45, 7) is 5.91. The minimum Gasteiger partial charge on any atom is -0.317 e. The Balaban J connectivity index is 1.43. The van der Waals surface area contributed by atoms with Gasteiger partial charge in [0, 0.05) is 25.6 Å². The third-order valence-corrected chi connectivity index (χ3v) is 6.22. The first-order chi connectivity index (χ1) is 11.3. The van der Waals surface area contributed by atoms with Crippen molar-refractivity contribution in [3.05, 3.63) is 11.6 Å².